The fourth-order valence-electron chi connectivity index (χ4n) is 7.70. The van der Waals surface area contributed by atoms with Gasteiger partial charge in [-0.1, -0.05) is 111 Å². The van der Waals surface area contributed by atoms with Crippen LogP contribution in [-0.4, -0.2) is 125 Å². The average molecular weight is 1010 g/mol. The molecule has 18 N–H and O–H groups in total. The molecule has 0 saturated carbocycles. The molecule has 0 heterocycles. The number of aliphatic imine (C=N–C) groups is 1. The predicted molar refractivity (Wildman–Crippen MR) is 270 cm³/mol. The molecule has 0 aromatic heterocycles. The minimum atomic E-state index is -1.88. The first kappa shape index (κ1) is 65.4. The lowest BCUT2D eigenvalue weighted by Crippen LogP contribution is -2.61. The Hall–Kier alpha value is -5.58. The second kappa shape index (κ2) is 39.1. The molecule has 0 radical (unpaired) electrons. The van der Waals surface area contributed by atoms with E-state index in [0.717, 1.165) is 25.7 Å². The van der Waals surface area contributed by atoms with Crippen molar-refractivity contribution >= 4 is 59.2 Å². The van der Waals surface area contributed by atoms with Crippen molar-refractivity contribution in [1.29, 1.82) is 0 Å². The van der Waals surface area contributed by atoms with Crippen molar-refractivity contribution in [2.75, 3.05) is 13.1 Å². The molecule has 0 aromatic carbocycles. The lowest BCUT2D eigenvalue weighted by molar-refractivity contribution is -0.142. The number of amides is 8. The number of nitrogens with two attached hydrogens (primary N) is 5. The second-order valence-electron chi connectivity index (χ2n) is 18.8. The summed E-state index contributed by atoms with van der Waals surface area (Å²) in [6, 6.07) is -9.11. The monoisotopic (exact) mass is 1010 g/mol. The zero-order valence-electron chi connectivity index (χ0n) is 42.9. The van der Waals surface area contributed by atoms with Gasteiger partial charge in [0.05, 0.1) is 18.9 Å². The van der Waals surface area contributed by atoms with Crippen molar-refractivity contribution in [3.63, 3.8) is 0 Å². The molecule has 0 aliphatic carbocycles. The van der Waals surface area contributed by atoms with E-state index in [1.165, 1.54) is 71.1 Å². The first-order chi connectivity index (χ1) is 33.6. The van der Waals surface area contributed by atoms with Crippen LogP contribution in [0.4, 0.5) is 0 Å². The number of primary amides is 2. The van der Waals surface area contributed by atoms with Gasteiger partial charge >= 0.3 is 5.97 Å². The van der Waals surface area contributed by atoms with Gasteiger partial charge in [0.25, 0.3) is 0 Å². The summed E-state index contributed by atoms with van der Waals surface area (Å²) in [7, 11) is 0. The van der Waals surface area contributed by atoms with Crippen LogP contribution in [0.2, 0.25) is 0 Å². The first-order valence-corrected chi connectivity index (χ1v) is 25.7. The van der Waals surface area contributed by atoms with E-state index in [1.54, 1.807) is 13.8 Å². The second-order valence-corrected chi connectivity index (χ2v) is 18.8. The maximum Gasteiger partial charge on any atom is 0.305 e. The smallest absolute Gasteiger partial charge is 0.305 e. The van der Waals surface area contributed by atoms with Crippen molar-refractivity contribution < 1.29 is 53.4 Å². The SMILES string of the molecule is CCCCCCCCCCCCCCCCCC(=O)N[C@H](C(=O)N[C@@H](CCCN=C(N)N)C(=O)N[C@@H](CC(N)=O)C(=O)N[C@@H](CC(=O)O)C(=O)N[C@@H](CCCCN)C(=O)N[C@@H](CC(C)C)C(N)=O)[C@@H](C)O. The van der Waals surface area contributed by atoms with E-state index in [2.05, 4.69) is 43.8 Å². The predicted octanol–water partition coefficient (Wildman–Crippen LogP) is 0.602. The number of carbonyl (C=O) groups excluding carboxylic acids is 8. The minimum absolute atomic E-state index is 0.00113. The van der Waals surface area contributed by atoms with E-state index < -0.39 is 108 Å². The number of guanidine groups is 1. The maximum absolute atomic E-state index is 13.9. The molecule has 0 aliphatic heterocycles. The van der Waals surface area contributed by atoms with E-state index in [9.17, 15) is 53.4 Å². The van der Waals surface area contributed by atoms with Gasteiger partial charge < -0.3 is 70.8 Å². The maximum atomic E-state index is 13.9. The first-order valence-electron chi connectivity index (χ1n) is 25.7. The number of aliphatic hydroxyl groups excluding tert-OH is 1. The largest absolute Gasteiger partial charge is 0.481 e. The third-order valence-corrected chi connectivity index (χ3v) is 11.7. The van der Waals surface area contributed by atoms with Gasteiger partial charge in [-0.3, -0.25) is 48.1 Å². The zero-order valence-corrected chi connectivity index (χ0v) is 42.9. The van der Waals surface area contributed by atoms with Crippen LogP contribution in [0, 0.1) is 5.92 Å². The normalized spacial score (nSPS) is 14.1. The van der Waals surface area contributed by atoms with Gasteiger partial charge in [-0.2, -0.15) is 0 Å². The number of hydrogen-bond acceptors (Lipinski definition) is 12. The number of rotatable bonds is 43. The molecule has 408 valence electrons. The minimum Gasteiger partial charge on any atom is -0.481 e. The van der Waals surface area contributed by atoms with Crippen LogP contribution in [-0.2, 0) is 43.2 Å². The molecular formula is C48H90N12O11. The van der Waals surface area contributed by atoms with E-state index in [0.29, 0.717) is 19.3 Å². The Labute approximate surface area is 420 Å². The Morgan fingerprint density at radius 2 is 0.930 bits per heavy atom. The third-order valence-electron chi connectivity index (χ3n) is 11.7. The summed E-state index contributed by atoms with van der Waals surface area (Å²) in [6.45, 7) is 7.36. The summed E-state index contributed by atoms with van der Waals surface area (Å²) >= 11 is 0. The molecule has 0 rings (SSSR count). The average Bonchev–Trinajstić information content (AvgIpc) is 3.28. The van der Waals surface area contributed by atoms with Crippen LogP contribution in [0.15, 0.2) is 4.99 Å². The molecule has 0 fully saturated rings. The van der Waals surface area contributed by atoms with Gasteiger partial charge in [-0.05, 0) is 64.3 Å². The van der Waals surface area contributed by atoms with E-state index in [-0.39, 0.29) is 57.1 Å². The number of aliphatic hydroxyl groups is 1. The fraction of sp³-hybridized carbons (Fsp3) is 0.792. The molecule has 71 heavy (non-hydrogen) atoms. The Morgan fingerprint density at radius 3 is 1.35 bits per heavy atom. The van der Waals surface area contributed by atoms with Crippen LogP contribution in [0.25, 0.3) is 0 Å². The summed E-state index contributed by atoms with van der Waals surface area (Å²) in [5.41, 5.74) is 27.4. The summed E-state index contributed by atoms with van der Waals surface area (Å²) in [6.07, 6.45) is 15.0. The van der Waals surface area contributed by atoms with Crippen molar-refractivity contribution in [2.24, 2.45) is 39.6 Å². The van der Waals surface area contributed by atoms with Crippen LogP contribution >= 0.6 is 0 Å². The molecule has 0 aromatic rings. The van der Waals surface area contributed by atoms with E-state index in [1.807, 2.05) is 0 Å². The summed E-state index contributed by atoms with van der Waals surface area (Å²) < 4.78 is 0. The molecule has 0 bridgehead atoms. The van der Waals surface area contributed by atoms with Crippen LogP contribution in [0.5, 0.6) is 0 Å². The fourth-order valence-corrected chi connectivity index (χ4v) is 7.70. The van der Waals surface area contributed by atoms with Gasteiger partial charge in [0.2, 0.25) is 47.3 Å². The Morgan fingerprint density at radius 1 is 0.507 bits per heavy atom. The number of hydrogen-bond donors (Lipinski definition) is 13. The highest BCUT2D eigenvalue weighted by atomic mass is 16.4. The third kappa shape index (κ3) is 32.8. The van der Waals surface area contributed by atoms with E-state index >= 15 is 0 Å². The molecule has 23 heteroatoms. The van der Waals surface area contributed by atoms with Crippen molar-refractivity contribution in [1.82, 2.24) is 31.9 Å². The number of nitrogens with zero attached hydrogens (tertiary/aromatic N) is 1. The Balaban J connectivity index is 5.93. The number of aliphatic carboxylic acids is 1. The summed E-state index contributed by atoms with van der Waals surface area (Å²) in [4.78, 5) is 121. The lowest BCUT2D eigenvalue weighted by atomic mass is 10.0. The van der Waals surface area contributed by atoms with Gasteiger partial charge in [-0.15, -0.1) is 0 Å². The Bertz CT molecular complexity index is 1660. The van der Waals surface area contributed by atoms with Crippen LogP contribution in [0.3, 0.4) is 0 Å². The van der Waals surface area contributed by atoms with Crippen molar-refractivity contribution in [3.8, 4) is 0 Å². The topological polar surface area (TPSA) is 409 Å². The number of carbonyl (C=O) groups is 9. The molecule has 0 saturated heterocycles. The van der Waals surface area contributed by atoms with Crippen LogP contribution in [0.1, 0.15) is 182 Å². The molecule has 0 unspecified atom stereocenters. The molecule has 0 aliphatic rings. The number of nitrogens with one attached hydrogen (secondary N) is 6. The van der Waals surface area contributed by atoms with Gasteiger partial charge in [0.1, 0.15) is 36.3 Å². The molecule has 8 amide bonds. The summed E-state index contributed by atoms with van der Waals surface area (Å²) in [5.74, 6) is -9.39. The van der Waals surface area contributed by atoms with Gasteiger partial charge in [0.15, 0.2) is 5.96 Å². The number of carboxylic acid groups (broad SMARTS) is 1. The molecule has 23 nitrogen and oxygen atoms in total. The van der Waals surface area contributed by atoms with Gasteiger partial charge in [0, 0.05) is 13.0 Å². The van der Waals surface area contributed by atoms with E-state index in [4.69, 9.17) is 28.7 Å². The number of unbranched alkanes of at least 4 members (excludes halogenated alkanes) is 15. The summed E-state index contributed by atoms with van der Waals surface area (Å²) in [5, 5.41) is 34.7. The lowest BCUT2D eigenvalue weighted by Gasteiger charge is -2.27. The van der Waals surface area contributed by atoms with Crippen LogP contribution < -0.4 is 60.6 Å². The van der Waals surface area contributed by atoms with Crippen molar-refractivity contribution in [2.45, 2.75) is 224 Å². The highest BCUT2D eigenvalue weighted by molar-refractivity contribution is 5.99. The molecule has 7 atom stereocenters. The standard InChI is InChI=1S/C48H90N12O11/c1-5-6-7-8-9-10-11-12-13-14-15-16-17-18-19-25-39(63)60-41(32(4)61)47(71)56-34(24-22-27-54-48(52)53)44(68)58-36(29-38(50)62)45(69)59-37(30-40(64)65)46(70)55-33(23-20-21-26-49)43(67)57-35(42(51)66)28-31(2)3/h31-37,41,61H,5-30,49H2,1-4H3,(H2,50,62)(H2,51,66)(H,55,70)(H,56,71)(H,57,67)(H,58,68)(H,59,69)(H,60,63)(H,64,65)(H4,52,53,54)/t32-,33+,34+,35+,36+,37+,41+/m1/s1. The zero-order chi connectivity index (χ0) is 53.7. The quantitative estimate of drug-likeness (QED) is 0.0226. The Kier molecular flexibility index (Phi) is 36.0. The highest BCUT2D eigenvalue weighted by Crippen LogP contribution is 2.15. The number of carboxylic acids is 1. The van der Waals surface area contributed by atoms with Gasteiger partial charge in [-0.25, -0.2) is 0 Å². The van der Waals surface area contributed by atoms with Crippen molar-refractivity contribution in [3.05, 3.63) is 0 Å². The molecular weight excluding hydrogens is 921 g/mol. The molecule has 0 spiro atoms. The highest BCUT2D eigenvalue weighted by Gasteiger charge is 2.35.